The number of nitrogens with one attached hydrogen (secondary N) is 1. The third-order valence-electron chi connectivity index (χ3n) is 3.70. The predicted octanol–water partition coefficient (Wildman–Crippen LogP) is 0.613. The number of amides is 1. The molecule has 0 spiro atoms. The Balaban J connectivity index is 0.00000220. The van der Waals surface area contributed by atoms with Crippen molar-refractivity contribution in [2.24, 2.45) is 17.4 Å². The number of nitrogens with two attached hydrogens (primary N) is 2. The Hall–Kier alpha value is -1.15. The molecule has 1 aromatic rings. The van der Waals surface area contributed by atoms with Gasteiger partial charge in [-0.05, 0) is 43.5 Å². The number of sulfonamides is 1. The molecule has 0 radical (unpaired) electrons. The van der Waals surface area contributed by atoms with Gasteiger partial charge in [-0.1, -0.05) is 12.5 Å². The molecule has 1 fully saturated rings. The van der Waals surface area contributed by atoms with Crippen LogP contribution < -0.4 is 16.2 Å². The van der Waals surface area contributed by atoms with Gasteiger partial charge in [0.2, 0.25) is 15.9 Å². The lowest BCUT2D eigenvalue weighted by Gasteiger charge is -2.19. The van der Waals surface area contributed by atoms with Crippen molar-refractivity contribution in [1.82, 2.24) is 4.72 Å². The van der Waals surface area contributed by atoms with Gasteiger partial charge in [0.1, 0.15) is 0 Å². The molecule has 1 aliphatic carbocycles. The van der Waals surface area contributed by atoms with Gasteiger partial charge in [0.15, 0.2) is 0 Å². The Morgan fingerprint density at radius 1 is 1.33 bits per heavy atom. The molecule has 1 amide bonds. The lowest BCUT2D eigenvalue weighted by atomic mass is 10.1. The molecule has 1 aliphatic rings. The molecule has 0 aromatic heterocycles. The minimum Gasteiger partial charge on any atom is -0.366 e. The van der Waals surface area contributed by atoms with Crippen molar-refractivity contribution in [3.63, 3.8) is 0 Å². The molecule has 0 saturated heterocycles. The van der Waals surface area contributed by atoms with E-state index in [1.54, 1.807) is 0 Å². The average molecular weight is 334 g/mol. The normalized spacial score (nSPS) is 21.8. The molecule has 0 heterocycles. The van der Waals surface area contributed by atoms with E-state index < -0.39 is 15.9 Å². The quantitative estimate of drug-likeness (QED) is 0.732. The molecule has 5 N–H and O–H groups in total. The summed E-state index contributed by atoms with van der Waals surface area (Å²) in [6.45, 7) is 0.467. The molecule has 118 valence electrons. The predicted molar refractivity (Wildman–Crippen MR) is 82.7 cm³/mol. The Morgan fingerprint density at radius 2 is 2.05 bits per heavy atom. The van der Waals surface area contributed by atoms with Crippen LogP contribution in [0.4, 0.5) is 0 Å². The first-order valence-corrected chi connectivity index (χ1v) is 8.04. The molecular formula is C13H20ClN3O3S. The highest BCUT2D eigenvalue weighted by Gasteiger charge is 2.30. The number of halogens is 1. The Kier molecular flexibility index (Phi) is 6.15. The smallest absolute Gasteiger partial charge is 0.248 e. The van der Waals surface area contributed by atoms with E-state index in [1.807, 2.05) is 0 Å². The summed E-state index contributed by atoms with van der Waals surface area (Å²) < 4.78 is 27.3. The molecule has 2 rings (SSSR count). The summed E-state index contributed by atoms with van der Waals surface area (Å²) in [5.41, 5.74) is 11.0. The van der Waals surface area contributed by atoms with Crippen LogP contribution in [-0.4, -0.2) is 26.9 Å². The fourth-order valence-electron chi connectivity index (χ4n) is 2.56. The van der Waals surface area contributed by atoms with Gasteiger partial charge in [-0.15, -0.1) is 12.4 Å². The number of rotatable bonds is 5. The molecule has 8 heteroatoms. The largest absolute Gasteiger partial charge is 0.366 e. The van der Waals surface area contributed by atoms with Crippen molar-refractivity contribution in [2.45, 2.75) is 30.2 Å². The zero-order valence-corrected chi connectivity index (χ0v) is 13.1. The summed E-state index contributed by atoms with van der Waals surface area (Å²) in [5, 5.41) is 0. The van der Waals surface area contributed by atoms with Crippen LogP contribution in [-0.2, 0) is 10.0 Å². The third-order valence-corrected chi connectivity index (χ3v) is 5.18. The van der Waals surface area contributed by atoms with E-state index in [0.29, 0.717) is 6.54 Å². The molecule has 1 aromatic carbocycles. The van der Waals surface area contributed by atoms with E-state index in [-0.39, 0.29) is 34.8 Å². The SMILES string of the molecule is Cl.NCC1CCCC1NS(=O)(=O)c1cccc(C(N)=O)c1. The first-order valence-electron chi connectivity index (χ1n) is 6.56. The van der Waals surface area contributed by atoms with Gasteiger partial charge < -0.3 is 11.5 Å². The molecule has 21 heavy (non-hydrogen) atoms. The van der Waals surface area contributed by atoms with Crippen LogP contribution in [0.2, 0.25) is 0 Å². The number of hydrogen-bond donors (Lipinski definition) is 3. The van der Waals surface area contributed by atoms with E-state index in [0.717, 1.165) is 19.3 Å². The standard InChI is InChI=1S/C13H19N3O3S.ClH/c14-8-10-4-2-6-12(10)16-20(18,19)11-5-1-3-9(7-11)13(15)17;/h1,3,5,7,10,12,16H,2,4,6,8,14H2,(H2,15,17);1H. The van der Waals surface area contributed by atoms with Crippen LogP contribution in [0.3, 0.4) is 0 Å². The number of benzene rings is 1. The van der Waals surface area contributed by atoms with Crippen molar-refractivity contribution >= 4 is 28.3 Å². The topological polar surface area (TPSA) is 115 Å². The highest BCUT2D eigenvalue weighted by atomic mass is 35.5. The monoisotopic (exact) mass is 333 g/mol. The first kappa shape index (κ1) is 17.9. The minimum absolute atomic E-state index is 0. The highest BCUT2D eigenvalue weighted by Crippen LogP contribution is 2.26. The molecule has 0 bridgehead atoms. The Labute approximate surface area is 130 Å². The van der Waals surface area contributed by atoms with Crippen LogP contribution in [0.15, 0.2) is 29.2 Å². The molecule has 1 saturated carbocycles. The fourth-order valence-corrected chi connectivity index (χ4v) is 3.94. The Morgan fingerprint density at radius 3 is 2.67 bits per heavy atom. The minimum atomic E-state index is -3.66. The van der Waals surface area contributed by atoms with Gasteiger partial charge >= 0.3 is 0 Å². The van der Waals surface area contributed by atoms with Crippen molar-refractivity contribution in [2.75, 3.05) is 6.54 Å². The van der Waals surface area contributed by atoms with Crippen LogP contribution in [0, 0.1) is 5.92 Å². The summed E-state index contributed by atoms with van der Waals surface area (Å²) in [7, 11) is -3.66. The Bertz CT molecular complexity index is 606. The van der Waals surface area contributed by atoms with Crippen molar-refractivity contribution < 1.29 is 13.2 Å². The van der Waals surface area contributed by atoms with Crippen LogP contribution in [0.5, 0.6) is 0 Å². The number of carbonyl (C=O) groups excluding carboxylic acids is 1. The van der Waals surface area contributed by atoms with E-state index in [2.05, 4.69) is 4.72 Å². The van der Waals surface area contributed by atoms with Crippen LogP contribution in [0.25, 0.3) is 0 Å². The summed E-state index contributed by atoms with van der Waals surface area (Å²) in [6, 6.07) is 5.59. The van der Waals surface area contributed by atoms with Gasteiger partial charge in [0.05, 0.1) is 4.90 Å². The fraction of sp³-hybridized carbons (Fsp3) is 0.462. The van der Waals surface area contributed by atoms with E-state index in [1.165, 1.54) is 24.3 Å². The maximum atomic E-state index is 12.3. The lowest BCUT2D eigenvalue weighted by Crippen LogP contribution is -2.39. The lowest BCUT2D eigenvalue weighted by molar-refractivity contribution is 0.1000. The highest BCUT2D eigenvalue weighted by molar-refractivity contribution is 7.89. The average Bonchev–Trinajstić information content (AvgIpc) is 2.85. The molecule has 6 nitrogen and oxygen atoms in total. The van der Waals surface area contributed by atoms with Gasteiger partial charge in [-0.3, -0.25) is 4.79 Å². The van der Waals surface area contributed by atoms with Crippen molar-refractivity contribution in [3.05, 3.63) is 29.8 Å². The number of primary amides is 1. The van der Waals surface area contributed by atoms with Gasteiger partial charge in [0.25, 0.3) is 0 Å². The second-order valence-electron chi connectivity index (χ2n) is 5.05. The summed E-state index contributed by atoms with van der Waals surface area (Å²) in [4.78, 5) is 11.2. The number of hydrogen-bond acceptors (Lipinski definition) is 4. The van der Waals surface area contributed by atoms with Gasteiger partial charge in [-0.2, -0.15) is 0 Å². The zero-order chi connectivity index (χ0) is 14.8. The van der Waals surface area contributed by atoms with E-state index in [4.69, 9.17) is 11.5 Å². The van der Waals surface area contributed by atoms with Crippen molar-refractivity contribution in [1.29, 1.82) is 0 Å². The molecular weight excluding hydrogens is 314 g/mol. The summed E-state index contributed by atoms with van der Waals surface area (Å²) >= 11 is 0. The van der Waals surface area contributed by atoms with E-state index >= 15 is 0 Å². The van der Waals surface area contributed by atoms with Crippen molar-refractivity contribution in [3.8, 4) is 0 Å². The molecule has 2 atom stereocenters. The maximum Gasteiger partial charge on any atom is 0.248 e. The van der Waals surface area contributed by atoms with Crippen LogP contribution >= 0.6 is 12.4 Å². The maximum absolute atomic E-state index is 12.3. The summed E-state index contributed by atoms with van der Waals surface area (Å²) in [5.74, 6) is -0.480. The molecule has 2 unspecified atom stereocenters. The van der Waals surface area contributed by atoms with Gasteiger partial charge in [0, 0.05) is 11.6 Å². The molecule has 0 aliphatic heterocycles. The van der Waals surface area contributed by atoms with Crippen LogP contribution in [0.1, 0.15) is 29.6 Å². The second kappa shape index (κ2) is 7.22. The van der Waals surface area contributed by atoms with E-state index in [9.17, 15) is 13.2 Å². The van der Waals surface area contributed by atoms with Gasteiger partial charge in [-0.25, -0.2) is 13.1 Å². The first-order chi connectivity index (χ1) is 9.44. The number of carbonyl (C=O) groups is 1. The second-order valence-corrected chi connectivity index (χ2v) is 6.76. The third kappa shape index (κ3) is 4.16. The zero-order valence-electron chi connectivity index (χ0n) is 11.5. The summed E-state index contributed by atoms with van der Waals surface area (Å²) in [6.07, 6.45) is 2.69.